The summed E-state index contributed by atoms with van der Waals surface area (Å²) in [6.45, 7) is 8.76. The lowest BCUT2D eigenvalue weighted by molar-refractivity contribution is 0.0403. The van der Waals surface area contributed by atoms with Gasteiger partial charge in [0.1, 0.15) is 6.73 Å². The molecule has 0 saturated heterocycles. The second-order valence-electron chi connectivity index (χ2n) is 9.07. The molecule has 0 aromatic heterocycles. The minimum absolute atomic E-state index is 0.106. The Morgan fingerprint density at radius 2 is 2.07 bits per heavy atom. The third kappa shape index (κ3) is 4.32. The average Bonchev–Trinajstić information content (AvgIpc) is 3.24. The number of nitrogens with zero attached hydrogens (tertiary/aromatic N) is 2. The molecule has 4 rings (SSSR count). The van der Waals surface area contributed by atoms with E-state index in [0.717, 1.165) is 34.9 Å². The van der Waals surface area contributed by atoms with Crippen LogP contribution in [0.1, 0.15) is 17.2 Å². The van der Waals surface area contributed by atoms with Gasteiger partial charge in [-0.25, -0.2) is 10.2 Å². The number of hydrogen-bond acceptors (Lipinski definition) is 4. The van der Waals surface area contributed by atoms with Gasteiger partial charge in [0.2, 0.25) is 0 Å². The number of nitrogens with one attached hydrogen (secondary N) is 1. The first-order valence-electron chi connectivity index (χ1n) is 10.1. The fourth-order valence-electron chi connectivity index (χ4n) is 3.99. The molecule has 0 bridgehead atoms. The van der Waals surface area contributed by atoms with Crippen molar-refractivity contribution >= 4 is 14.2 Å². The minimum atomic E-state index is -1.09. The van der Waals surface area contributed by atoms with Crippen LogP contribution in [-0.4, -0.2) is 48.6 Å². The van der Waals surface area contributed by atoms with E-state index < -0.39 is 14.2 Å². The predicted molar refractivity (Wildman–Crippen MR) is 116 cm³/mol. The van der Waals surface area contributed by atoms with Crippen LogP contribution in [0.4, 0.5) is 4.79 Å². The third-order valence-electron chi connectivity index (χ3n) is 5.57. The molecular formula is C22H29N3O3Si. The normalized spacial score (nSPS) is 23.0. The molecule has 2 N–H and O–H groups in total. The lowest BCUT2D eigenvalue weighted by Crippen LogP contribution is -2.37. The van der Waals surface area contributed by atoms with Gasteiger partial charge in [-0.3, -0.25) is 9.91 Å². The molecule has 154 valence electrons. The molecule has 0 spiro atoms. The van der Waals surface area contributed by atoms with Crippen LogP contribution in [0.5, 0.6) is 0 Å². The van der Waals surface area contributed by atoms with Crippen molar-refractivity contribution < 1.29 is 14.6 Å². The summed E-state index contributed by atoms with van der Waals surface area (Å²) in [5.74, 6) is 0. The Morgan fingerprint density at radius 3 is 2.83 bits per heavy atom. The topological polar surface area (TPSA) is 65.0 Å². The molecule has 2 unspecified atom stereocenters. The van der Waals surface area contributed by atoms with Gasteiger partial charge in [-0.2, -0.15) is 0 Å². The number of fused-ring (bicyclic) bond motifs is 2. The number of carboxylic acid groups (broad SMARTS) is 1. The number of hydrogen-bond donors (Lipinski definition) is 2. The molecule has 7 heteroatoms. The zero-order valence-corrected chi connectivity index (χ0v) is 18.3. The summed E-state index contributed by atoms with van der Waals surface area (Å²) in [6, 6.07) is 8.98. The van der Waals surface area contributed by atoms with Crippen molar-refractivity contribution in [2.75, 3.05) is 13.3 Å². The second-order valence-corrected chi connectivity index (χ2v) is 14.7. The van der Waals surface area contributed by atoms with Crippen molar-refractivity contribution in [3.05, 3.63) is 71.0 Å². The summed E-state index contributed by atoms with van der Waals surface area (Å²) in [5.41, 5.74) is 7.70. The average molecular weight is 412 g/mol. The number of hydrazine groups is 1. The van der Waals surface area contributed by atoms with Crippen molar-refractivity contribution in [2.24, 2.45) is 0 Å². The molecule has 6 nitrogen and oxygen atoms in total. The molecule has 1 aromatic rings. The van der Waals surface area contributed by atoms with Crippen LogP contribution in [0, 0.1) is 0 Å². The highest BCUT2D eigenvalue weighted by Gasteiger charge is 2.36. The van der Waals surface area contributed by atoms with E-state index in [9.17, 15) is 9.90 Å². The monoisotopic (exact) mass is 411 g/mol. The zero-order chi connectivity index (χ0) is 20.6. The van der Waals surface area contributed by atoms with Crippen LogP contribution in [0.3, 0.4) is 0 Å². The van der Waals surface area contributed by atoms with Crippen LogP contribution in [0.25, 0.3) is 0 Å². The van der Waals surface area contributed by atoms with Crippen molar-refractivity contribution in [1.82, 2.24) is 15.3 Å². The Labute approximate surface area is 173 Å². The van der Waals surface area contributed by atoms with E-state index in [1.165, 1.54) is 4.90 Å². The van der Waals surface area contributed by atoms with E-state index in [0.29, 0.717) is 13.3 Å². The number of carbonyl (C=O) groups is 1. The summed E-state index contributed by atoms with van der Waals surface area (Å²) >= 11 is 0. The molecular weight excluding hydrogens is 382 g/mol. The first-order valence-corrected chi connectivity index (χ1v) is 13.8. The van der Waals surface area contributed by atoms with E-state index in [1.54, 1.807) is 0 Å². The number of ether oxygens (including phenoxy) is 1. The first-order chi connectivity index (χ1) is 13.8. The van der Waals surface area contributed by atoms with Crippen molar-refractivity contribution in [2.45, 2.75) is 44.3 Å². The third-order valence-corrected chi connectivity index (χ3v) is 7.28. The standard InChI is InChI=1S/C22H29N3O3Si/c1-29(2,3)11-10-28-15-24-13-18-12-16(8-9-20(18)23-24)21-19-7-5-4-6-17(19)14-25(21)22(26)27/h4-9,12-13,20-21,23H,10-11,14-15H2,1-3H3,(H,26,27). The van der Waals surface area contributed by atoms with Gasteiger partial charge in [0.05, 0.1) is 18.6 Å². The second kappa shape index (κ2) is 7.82. The van der Waals surface area contributed by atoms with Crippen molar-refractivity contribution in [3.8, 4) is 0 Å². The summed E-state index contributed by atoms with van der Waals surface area (Å²) in [7, 11) is -1.09. The fourth-order valence-corrected chi connectivity index (χ4v) is 4.75. The Hall–Kier alpha value is -2.35. The van der Waals surface area contributed by atoms with E-state index in [2.05, 4.69) is 43.4 Å². The van der Waals surface area contributed by atoms with Gasteiger partial charge in [0.25, 0.3) is 0 Å². The number of rotatable bonds is 6. The van der Waals surface area contributed by atoms with Gasteiger partial charge in [-0.15, -0.1) is 0 Å². The zero-order valence-electron chi connectivity index (χ0n) is 17.3. The lowest BCUT2D eigenvalue weighted by Gasteiger charge is -2.26. The molecule has 29 heavy (non-hydrogen) atoms. The van der Waals surface area contributed by atoms with Crippen molar-refractivity contribution in [3.63, 3.8) is 0 Å². The quantitative estimate of drug-likeness (QED) is 0.545. The van der Waals surface area contributed by atoms with Gasteiger partial charge in [0, 0.05) is 20.9 Å². The highest BCUT2D eigenvalue weighted by Crippen LogP contribution is 2.41. The molecule has 1 aromatic carbocycles. The summed E-state index contributed by atoms with van der Waals surface area (Å²) in [5, 5.41) is 11.7. The molecule has 2 aliphatic heterocycles. The molecule has 2 atom stereocenters. The Balaban J connectivity index is 1.48. The largest absolute Gasteiger partial charge is 0.465 e. The fraction of sp³-hybridized carbons (Fsp3) is 0.409. The SMILES string of the molecule is C[Si](C)(C)CCOCN1C=C2C=C(C3c4ccccc4CN3C(=O)O)C=CC2N1. The van der Waals surface area contributed by atoms with E-state index in [-0.39, 0.29) is 12.1 Å². The van der Waals surface area contributed by atoms with E-state index >= 15 is 0 Å². The van der Waals surface area contributed by atoms with E-state index in [4.69, 9.17) is 4.74 Å². The van der Waals surface area contributed by atoms with Crippen LogP contribution in [-0.2, 0) is 11.3 Å². The maximum atomic E-state index is 11.8. The van der Waals surface area contributed by atoms with Crippen LogP contribution >= 0.6 is 0 Å². The Kier molecular flexibility index (Phi) is 5.37. The molecule has 1 aliphatic carbocycles. The minimum Gasteiger partial charge on any atom is -0.465 e. The van der Waals surface area contributed by atoms with Gasteiger partial charge in [-0.05, 0) is 34.4 Å². The van der Waals surface area contributed by atoms with E-state index in [1.807, 2.05) is 35.4 Å². The van der Waals surface area contributed by atoms with Crippen LogP contribution in [0.2, 0.25) is 25.7 Å². The first kappa shape index (κ1) is 19.9. The molecule has 2 heterocycles. The smallest absolute Gasteiger partial charge is 0.408 e. The predicted octanol–water partition coefficient (Wildman–Crippen LogP) is 4.10. The Morgan fingerprint density at radius 1 is 1.28 bits per heavy atom. The number of benzene rings is 1. The molecule has 3 aliphatic rings. The summed E-state index contributed by atoms with van der Waals surface area (Å²) < 4.78 is 5.84. The summed E-state index contributed by atoms with van der Waals surface area (Å²) in [4.78, 5) is 13.4. The maximum absolute atomic E-state index is 11.8. The molecule has 0 saturated carbocycles. The van der Waals surface area contributed by atoms with Crippen molar-refractivity contribution in [1.29, 1.82) is 0 Å². The summed E-state index contributed by atoms with van der Waals surface area (Å²) in [6.07, 6.45) is 7.44. The highest BCUT2D eigenvalue weighted by molar-refractivity contribution is 6.76. The Bertz CT molecular complexity index is 888. The van der Waals surface area contributed by atoms with Gasteiger partial charge in [0.15, 0.2) is 0 Å². The van der Waals surface area contributed by atoms with Gasteiger partial charge >= 0.3 is 6.09 Å². The molecule has 1 amide bonds. The van der Waals surface area contributed by atoms with Crippen LogP contribution < -0.4 is 5.43 Å². The molecule has 0 radical (unpaired) electrons. The van der Waals surface area contributed by atoms with Crippen LogP contribution in [0.15, 0.2) is 59.8 Å². The van der Waals surface area contributed by atoms with Gasteiger partial charge in [-0.1, -0.05) is 56.1 Å². The highest BCUT2D eigenvalue weighted by atomic mass is 28.3. The molecule has 0 fully saturated rings. The van der Waals surface area contributed by atoms with Gasteiger partial charge < -0.3 is 9.84 Å². The number of amides is 1. The maximum Gasteiger partial charge on any atom is 0.408 e. The lowest BCUT2D eigenvalue weighted by atomic mass is 9.91.